The molecule has 2 rings (SSSR count). The number of benzene rings is 1. The molecule has 0 unspecified atom stereocenters. The van der Waals surface area contributed by atoms with Crippen LogP contribution in [0.25, 0.3) is 0 Å². The van der Waals surface area contributed by atoms with Crippen LogP contribution >= 0.6 is 11.3 Å². The molecule has 4 N–H and O–H groups in total. The third kappa shape index (κ3) is 4.91. The Morgan fingerprint density at radius 2 is 1.92 bits per heavy atom. The van der Waals surface area contributed by atoms with Crippen LogP contribution in [0.2, 0.25) is 0 Å². The largest absolute Gasteiger partial charge is 0.351 e. The molecule has 2 aromatic rings. The van der Waals surface area contributed by atoms with E-state index in [1.807, 2.05) is 17.5 Å². The number of hydrogen-bond acceptors (Lipinski definition) is 4. The second-order valence-corrected chi connectivity index (χ2v) is 6.66. The Balaban J connectivity index is 2.19. The van der Waals surface area contributed by atoms with Crippen molar-refractivity contribution in [2.24, 2.45) is 5.73 Å². The summed E-state index contributed by atoms with van der Waals surface area (Å²) in [6, 6.07) is 10.9. The maximum atomic E-state index is 12.0. The van der Waals surface area contributed by atoms with E-state index in [-0.39, 0.29) is 6.04 Å². The maximum Gasteiger partial charge on any atom is 0.318 e. The summed E-state index contributed by atoms with van der Waals surface area (Å²) in [5.41, 5.74) is 7.39. The molecule has 0 aliphatic heterocycles. The summed E-state index contributed by atoms with van der Waals surface area (Å²) in [5.74, 6) is -0.438. The van der Waals surface area contributed by atoms with Crippen molar-refractivity contribution in [3.05, 3.63) is 57.8 Å². The van der Waals surface area contributed by atoms with Crippen LogP contribution in [0.1, 0.15) is 42.3 Å². The molecule has 1 aromatic carbocycles. The summed E-state index contributed by atoms with van der Waals surface area (Å²) in [4.78, 5) is 23.9. The molecule has 0 aliphatic rings. The van der Waals surface area contributed by atoms with Crippen LogP contribution in [0, 0.1) is 0 Å². The molecule has 6 heteroatoms. The van der Waals surface area contributed by atoms with E-state index >= 15 is 0 Å². The zero-order valence-electron chi connectivity index (χ0n) is 13.9. The van der Waals surface area contributed by atoms with E-state index in [0.29, 0.717) is 0 Å². The highest BCUT2D eigenvalue weighted by Crippen LogP contribution is 2.27. The normalized spacial score (nSPS) is 13.2. The molecule has 0 saturated carbocycles. The molecular formula is C18H23N3O2S. The Hall–Kier alpha value is -2.18. The van der Waals surface area contributed by atoms with Gasteiger partial charge in [-0.25, -0.2) is 4.79 Å². The molecule has 5 nitrogen and oxygen atoms in total. The van der Waals surface area contributed by atoms with Gasteiger partial charge in [-0.15, -0.1) is 11.3 Å². The topological polar surface area (TPSA) is 84.2 Å². The minimum Gasteiger partial charge on any atom is -0.351 e. The molecule has 1 aromatic heterocycles. The minimum atomic E-state index is -0.842. The Morgan fingerprint density at radius 3 is 2.46 bits per heavy atom. The maximum absolute atomic E-state index is 12.0. The number of rotatable bonds is 7. The zero-order chi connectivity index (χ0) is 17.5. The van der Waals surface area contributed by atoms with Gasteiger partial charge in [-0.05, 0) is 35.9 Å². The summed E-state index contributed by atoms with van der Waals surface area (Å²) in [6.45, 7) is 3.87. The standard InChI is InChI=1S/C18H23N3O2S/c1-3-5-13-7-9-14(10-8-13)16(15-6-4-11-24-15)20-12(2)17(22)21-18(19)23/h4,6-12,16,20H,3,5H2,1-2H3,(H3,19,21,22,23)/t12-,16-/m0/s1. The van der Waals surface area contributed by atoms with Crippen molar-refractivity contribution in [3.63, 3.8) is 0 Å². The van der Waals surface area contributed by atoms with Gasteiger partial charge in [-0.1, -0.05) is 43.7 Å². The number of hydrogen-bond donors (Lipinski definition) is 3. The summed E-state index contributed by atoms with van der Waals surface area (Å²) in [6.07, 6.45) is 2.16. The van der Waals surface area contributed by atoms with Gasteiger partial charge in [0.15, 0.2) is 0 Å². The molecule has 0 radical (unpaired) electrons. The molecule has 0 aliphatic carbocycles. The fraction of sp³-hybridized carbons (Fsp3) is 0.333. The van der Waals surface area contributed by atoms with Crippen molar-refractivity contribution in [1.29, 1.82) is 0 Å². The molecule has 24 heavy (non-hydrogen) atoms. The fourth-order valence-electron chi connectivity index (χ4n) is 2.52. The number of carbonyl (C=O) groups is 2. The highest BCUT2D eigenvalue weighted by atomic mass is 32.1. The van der Waals surface area contributed by atoms with Crippen molar-refractivity contribution < 1.29 is 9.59 Å². The Morgan fingerprint density at radius 1 is 1.21 bits per heavy atom. The lowest BCUT2D eigenvalue weighted by Gasteiger charge is -2.22. The number of amides is 3. The van der Waals surface area contributed by atoms with Crippen molar-refractivity contribution in [2.75, 3.05) is 0 Å². The number of nitrogens with one attached hydrogen (secondary N) is 2. The molecule has 1 heterocycles. The summed E-state index contributed by atoms with van der Waals surface area (Å²) < 4.78 is 0. The van der Waals surface area contributed by atoms with Crippen LogP contribution in [0.4, 0.5) is 4.79 Å². The number of carbonyl (C=O) groups excluding carboxylic acids is 2. The highest BCUT2D eigenvalue weighted by Gasteiger charge is 2.22. The Bertz CT molecular complexity index is 668. The van der Waals surface area contributed by atoms with Gasteiger partial charge in [0, 0.05) is 4.88 Å². The molecule has 0 saturated heterocycles. The average molecular weight is 345 g/mol. The average Bonchev–Trinajstić information content (AvgIpc) is 3.07. The van der Waals surface area contributed by atoms with Gasteiger partial charge in [0.05, 0.1) is 12.1 Å². The van der Waals surface area contributed by atoms with Gasteiger partial charge in [-0.2, -0.15) is 0 Å². The van der Waals surface area contributed by atoms with Crippen molar-refractivity contribution in [1.82, 2.24) is 10.6 Å². The number of nitrogens with two attached hydrogens (primary N) is 1. The van der Waals surface area contributed by atoms with E-state index in [9.17, 15) is 9.59 Å². The number of thiophene rings is 1. The van der Waals surface area contributed by atoms with Crippen LogP contribution in [-0.4, -0.2) is 18.0 Å². The van der Waals surface area contributed by atoms with Gasteiger partial charge in [-0.3, -0.25) is 15.4 Å². The van der Waals surface area contributed by atoms with E-state index in [2.05, 4.69) is 41.8 Å². The van der Waals surface area contributed by atoms with Crippen LogP contribution < -0.4 is 16.4 Å². The molecule has 0 fully saturated rings. The van der Waals surface area contributed by atoms with E-state index in [1.165, 1.54) is 5.56 Å². The van der Waals surface area contributed by atoms with Crippen molar-refractivity contribution >= 4 is 23.3 Å². The van der Waals surface area contributed by atoms with E-state index in [4.69, 9.17) is 5.73 Å². The Labute approximate surface area is 146 Å². The molecule has 3 amide bonds. The lowest BCUT2D eigenvalue weighted by Crippen LogP contribution is -2.47. The SMILES string of the molecule is CCCc1ccc([C@H](N[C@@H](C)C(=O)NC(N)=O)c2cccs2)cc1. The van der Waals surface area contributed by atoms with Crippen molar-refractivity contribution in [3.8, 4) is 0 Å². The molecule has 2 atom stereocenters. The van der Waals surface area contributed by atoms with Crippen molar-refractivity contribution in [2.45, 2.75) is 38.8 Å². The number of urea groups is 1. The minimum absolute atomic E-state index is 0.116. The van der Waals surface area contributed by atoms with Crippen LogP contribution in [-0.2, 0) is 11.2 Å². The molecular weight excluding hydrogens is 322 g/mol. The lowest BCUT2D eigenvalue weighted by molar-refractivity contribution is -0.121. The lowest BCUT2D eigenvalue weighted by atomic mass is 10.0. The van der Waals surface area contributed by atoms with Crippen LogP contribution in [0.5, 0.6) is 0 Å². The predicted octanol–water partition coefficient (Wildman–Crippen LogP) is 2.96. The second-order valence-electron chi connectivity index (χ2n) is 5.68. The van der Waals surface area contributed by atoms with Gasteiger partial charge in [0.1, 0.15) is 0 Å². The zero-order valence-corrected chi connectivity index (χ0v) is 14.7. The first-order valence-corrected chi connectivity index (χ1v) is 8.87. The van der Waals surface area contributed by atoms with Crippen LogP contribution in [0.15, 0.2) is 41.8 Å². The number of aryl methyl sites for hydroxylation is 1. The molecule has 0 spiro atoms. The summed E-state index contributed by atoms with van der Waals surface area (Å²) >= 11 is 1.62. The van der Waals surface area contributed by atoms with Crippen LogP contribution in [0.3, 0.4) is 0 Å². The monoisotopic (exact) mass is 345 g/mol. The number of primary amides is 1. The Kier molecular flexibility index (Phi) is 6.52. The number of imide groups is 1. The predicted molar refractivity (Wildman–Crippen MR) is 96.9 cm³/mol. The first kappa shape index (κ1) is 18.2. The van der Waals surface area contributed by atoms with E-state index in [1.54, 1.807) is 18.3 Å². The van der Waals surface area contributed by atoms with E-state index in [0.717, 1.165) is 23.3 Å². The second kappa shape index (κ2) is 8.61. The highest BCUT2D eigenvalue weighted by molar-refractivity contribution is 7.10. The quantitative estimate of drug-likeness (QED) is 0.721. The molecule has 0 bridgehead atoms. The van der Waals surface area contributed by atoms with Gasteiger partial charge >= 0.3 is 6.03 Å². The third-order valence-corrected chi connectivity index (χ3v) is 4.67. The summed E-state index contributed by atoms with van der Waals surface area (Å²) in [5, 5.41) is 7.40. The fourth-order valence-corrected chi connectivity index (χ4v) is 3.33. The van der Waals surface area contributed by atoms with Gasteiger partial charge < -0.3 is 5.73 Å². The van der Waals surface area contributed by atoms with Gasteiger partial charge in [0.25, 0.3) is 0 Å². The van der Waals surface area contributed by atoms with Gasteiger partial charge in [0.2, 0.25) is 5.91 Å². The van der Waals surface area contributed by atoms with E-state index < -0.39 is 18.0 Å². The third-order valence-electron chi connectivity index (χ3n) is 3.74. The first-order valence-electron chi connectivity index (χ1n) is 7.99. The molecule has 128 valence electrons. The smallest absolute Gasteiger partial charge is 0.318 e. The summed E-state index contributed by atoms with van der Waals surface area (Å²) in [7, 11) is 0. The first-order chi connectivity index (χ1) is 11.5.